The van der Waals surface area contributed by atoms with Gasteiger partial charge in [-0.25, -0.2) is 14.4 Å². The van der Waals surface area contributed by atoms with E-state index in [9.17, 15) is 14.4 Å². The SMILES string of the molecule is CCOC(=O)c1cc(OC(=O)OC(C)(C)C)c(C)c(C(=O)OCC)c1. The first-order chi connectivity index (χ1) is 11.6. The smallest absolute Gasteiger partial charge is 0.462 e. The molecule has 0 saturated heterocycles. The number of hydrogen-bond donors (Lipinski definition) is 0. The second kappa shape index (κ2) is 8.50. The van der Waals surface area contributed by atoms with Gasteiger partial charge in [0.05, 0.1) is 24.3 Å². The van der Waals surface area contributed by atoms with Crippen LogP contribution in [0.5, 0.6) is 5.75 Å². The van der Waals surface area contributed by atoms with E-state index in [4.69, 9.17) is 18.9 Å². The maximum Gasteiger partial charge on any atom is 0.514 e. The Hall–Kier alpha value is -2.57. The van der Waals surface area contributed by atoms with Crippen LogP contribution in [0.1, 0.15) is 60.9 Å². The molecule has 25 heavy (non-hydrogen) atoms. The Kier molecular flexibility index (Phi) is 6.97. The topological polar surface area (TPSA) is 88.1 Å². The van der Waals surface area contributed by atoms with Gasteiger partial charge in [0, 0.05) is 5.56 Å². The van der Waals surface area contributed by atoms with Crippen LogP contribution in [0.25, 0.3) is 0 Å². The average Bonchev–Trinajstić information content (AvgIpc) is 2.47. The van der Waals surface area contributed by atoms with E-state index in [2.05, 4.69) is 0 Å². The van der Waals surface area contributed by atoms with Crippen molar-refractivity contribution in [1.29, 1.82) is 0 Å². The van der Waals surface area contributed by atoms with Crippen molar-refractivity contribution in [1.82, 2.24) is 0 Å². The van der Waals surface area contributed by atoms with Gasteiger partial charge in [-0.2, -0.15) is 0 Å². The van der Waals surface area contributed by atoms with Gasteiger partial charge >= 0.3 is 18.1 Å². The van der Waals surface area contributed by atoms with E-state index in [1.165, 1.54) is 12.1 Å². The van der Waals surface area contributed by atoms with Gasteiger partial charge in [-0.05, 0) is 53.7 Å². The number of rotatable bonds is 5. The van der Waals surface area contributed by atoms with E-state index in [0.29, 0.717) is 5.56 Å². The summed E-state index contributed by atoms with van der Waals surface area (Å²) in [5.41, 5.74) is -0.189. The maximum absolute atomic E-state index is 12.1. The van der Waals surface area contributed by atoms with Gasteiger partial charge in [-0.15, -0.1) is 0 Å². The molecule has 0 N–H and O–H groups in total. The molecule has 0 aliphatic carbocycles. The lowest BCUT2D eigenvalue weighted by atomic mass is 10.0. The van der Waals surface area contributed by atoms with E-state index in [1.807, 2.05) is 0 Å². The van der Waals surface area contributed by atoms with Crippen LogP contribution >= 0.6 is 0 Å². The maximum atomic E-state index is 12.1. The van der Waals surface area contributed by atoms with Gasteiger partial charge in [-0.3, -0.25) is 0 Å². The van der Waals surface area contributed by atoms with Gasteiger partial charge in [0.15, 0.2) is 0 Å². The lowest BCUT2D eigenvalue weighted by Crippen LogP contribution is -2.26. The summed E-state index contributed by atoms with van der Waals surface area (Å²) in [4.78, 5) is 36.0. The summed E-state index contributed by atoms with van der Waals surface area (Å²) in [6, 6.07) is 2.69. The summed E-state index contributed by atoms with van der Waals surface area (Å²) in [5, 5.41) is 0. The zero-order valence-electron chi connectivity index (χ0n) is 15.4. The minimum atomic E-state index is -0.939. The molecule has 0 bridgehead atoms. The molecule has 7 heteroatoms. The van der Waals surface area contributed by atoms with Crippen LogP contribution in [-0.4, -0.2) is 36.9 Å². The summed E-state index contributed by atoms with van der Waals surface area (Å²) in [6.45, 7) is 10.3. The second-order valence-electron chi connectivity index (χ2n) is 6.15. The molecule has 0 saturated carbocycles. The van der Waals surface area contributed by atoms with Gasteiger partial charge < -0.3 is 18.9 Å². The second-order valence-corrected chi connectivity index (χ2v) is 6.15. The highest BCUT2D eigenvalue weighted by Crippen LogP contribution is 2.26. The zero-order valence-corrected chi connectivity index (χ0v) is 15.4. The van der Waals surface area contributed by atoms with Crippen LogP contribution < -0.4 is 4.74 Å². The van der Waals surface area contributed by atoms with Crippen LogP contribution in [0.2, 0.25) is 0 Å². The molecule has 1 rings (SSSR count). The van der Waals surface area contributed by atoms with Crippen molar-refractivity contribution < 1.29 is 33.3 Å². The third-order valence-electron chi connectivity index (χ3n) is 2.95. The summed E-state index contributed by atoms with van der Waals surface area (Å²) >= 11 is 0. The monoisotopic (exact) mass is 352 g/mol. The number of esters is 2. The van der Waals surface area contributed by atoms with Crippen LogP contribution in [0.4, 0.5) is 4.79 Å². The van der Waals surface area contributed by atoms with Crippen molar-refractivity contribution in [2.24, 2.45) is 0 Å². The van der Waals surface area contributed by atoms with Gasteiger partial charge in [0.25, 0.3) is 0 Å². The molecule has 0 aliphatic rings. The molecule has 138 valence electrons. The van der Waals surface area contributed by atoms with E-state index in [1.54, 1.807) is 41.5 Å². The quantitative estimate of drug-likeness (QED) is 0.454. The zero-order chi connectivity index (χ0) is 19.2. The van der Waals surface area contributed by atoms with Crippen molar-refractivity contribution in [3.8, 4) is 5.75 Å². The molecule has 0 amide bonds. The largest absolute Gasteiger partial charge is 0.514 e. The summed E-state index contributed by atoms with van der Waals surface area (Å²) in [6.07, 6.45) is -0.939. The minimum absolute atomic E-state index is 0.0304. The number of benzene rings is 1. The van der Waals surface area contributed by atoms with E-state index < -0.39 is 23.7 Å². The molecule has 0 unspecified atom stereocenters. The molecule has 1 aromatic rings. The number of ether oxygens (including phenoxy) is 4. The van der Waals surface area contributed by atoms with Gasteiger partial charge in [-0.1, -0.05) is 0 Å². The molecular formula is C18H24O7. The third kappa shape index (κ3) is 6.10. The van der Waals surface area contributed by atoms with Gasteiger partial charge in [0.2, 0.25) is 0 Å². The molecule has 7 nitrogen and oxygen atoms in total. The first-order valence-electron chi connectivity index (χ1n) is 7.98. The van der Waals surface area contributed by atoms with Crippen molar-refractivity contribution in [3.05, 3.63) is 28.8 Å². The highest BCUT2D eigenvalue weighted by Gasteiger charge is 2.23. The Morgan fingerprint density at radius 1 is 0.960 bits per heavy atom. The fourth-order valence-electron chi connectivity index (χ4n) is 1.91. The highest BCUT2D eigenvalue weighted by atomic mass is 16.7. The predicted octanol–water partition coefficient (Wildman–Crippen LogP) is 3.66. The van der Waals surface area contributed by atoms with Crippen molar-refractivity contribution in [2.75, 3.05) is 13.2 Å². The molecule has 0 spiro atoms. The molecule has 0 aromatic heterocycles. The Morgan fingerprint density at radius 2 is 1.52 bits per heavy atom. The normalized spacial score (nSPS) is 10.8. The molecular weight excluding hydrogens is 328 g/mol. The first-order valence-corrected chi connectivity index (χ1v) is 7.98. The lowest BCUT2D eigenvalue weighted by molar-refractivity contribution is 0.0201. The van der Waals surface area contributed by atoms with Crippen LogP contribution in [0, 0.1) is 6.92 Å². The van der Waals surface area contributed by atoms with Crippen LogP contribution in [-0.2, 0) is 14.2 Å². The Balaban J connectivity index is 3.27. The number of hydrogen-bond acceptors (Lipinski definition) is 7. The van der Waals surface area contributed by atoms with E-state index in [-0.39, 0.29) is 30.1 Å². The third-order valence-corrected chi connectivity index (χ3v) is 2.95. The predicted molar refractivity (Wildman–Crippen MR) is 90.0 cm³/mol. The molecule has 0 fully saturated rings. The summed E-state index contributed by atoms with van der Waals surface area (Å²) in [5.74, 6) is -1.23. The molecule has 1 aromatic carbocycles. The van der Waals surface area contributed by atoms with Gasteiger partial charge in [0.1, 0.15) is 11.4 Å². The number of carbonyl (C=O) groups is 3. The minimum Gasteiger partial charge on any atom is -0.462 e. The molecule has 0 radical (unpaired) electrons. The van der Waals surface area contributed by atoms with Crippen LogP contribution in [0.3, 0.4) is 0 Å². The van der Waals surface area contributed by atoms with Crippen LogP contribution in [0.15, 0.2) is 12.1 Å². The van der Waals surface area contributed by atoms with Crippen molar-refractivity contribution in [2.45, 2.75) is 47.1 Å². The highest BCUT2D eigenvalue weighted by molar-refractivity contribution is 5.97. The fourth-order valence-corrected chi connectivity index (χ4v) is 1.91. The van der Waals surface area contributed by atoms with Crippen molar-refractivity contribution in [3.63, 3.8) is 0 Å². The number of carbonyl (C=O) groups excluding carboxylic acids is 3. The summed E-state index contributed by atoms with van der Waals surface area (Å²) < 4.78 is 20.2. The molecule has 0 heterocycles. The lowest BCUT2D eigenvalue weighted by Gasteiger charge is -2.19. The average molecular weight is 352 g/mol. The van der Waals surface area contributed by atoms with E-state index in [0.717, 1.165) is 0 Å². The summed E-state index contributed by atoms with van der Waals surface area (Å²) in [7, 11) is 0. The molecule has 0 aliphatic heterocycles. The Labute approximate surface area is 147 Å². The Bertz CT molecular complexity index is 656. The molecule has 0 atom stereocenters. The standard InChI is InChI=1S/C18H24O7/c1-7-22-15(19)12-9-13(16(20)23-8-2)11(3)14(10-12)24-17(21)25-18(4,5)6/h9-10H,7-8H2,1-6H3. The first kappa shape index (κ1) is 20.5. The van der Waals surface area contributed by atoms with E-state index >= 15 is 0 Å². The Morgan fingerprint density at radius 3 is 2.04 bits per heavy atom. The van der Waals surface area contributed by atoms with Crippen molar-refractivity contribution >= 4 is 18.1 Å². The fraction of sp³-hybridized carbons (Fsp3) is 0.500.